The van der Waals surface area contributed by atoms with Crippen LogP contribution in [0, 0.1) is 0 Å². The Labute approximate surface area is 108 Å². The Morgan fingerprint density at radius 2 is 2.32 bits per heavy atom. The standard InChI is InChI=1S/C10H15N5O4/c1-10(19,9(17)18)5-12-8(16)7-4-15(14-13-7)6-2-11-3-6/h4,6,11,19H,2-3,5H2,1H3,(H,12,16)(H,17,18). The third-order valence-corrected chi connectivity index (χ3v) is 2.93. The molecule has 4 N–H and O–H groups in total. The molecule has 1 atom stereocenters. The number of carbonyl (C=O) groups is 2. The van der Waals surface area contributed by atoms with Gasteiger partial charge in [0.2, 0.25) is 0 Å². The molecule has 0 spiro atoms. The van der Waals surface area contributed by atoms with E-state index >= 15 is 0 Å². The van der Waals surface area contributed by atoms with Crippen molar-refractivity contribution in [3.05, 3.63) is 11.9 Å². The summed E-state index contributed by atoms with van der Waals surface area (Å²) in [6, 6.07) is 0.191. The van der Waals surface area contributed by atoms with Crippen molar-refractivity contribution in [2.24, 2.45) is 0 Å². The number of hydrogen-bond acceptors (Lipinski definition) is 6. The second-order valence-electron chi connectivity index (χ2n) is 4.66. The van der Waals surface area contributed by atoms with Gasteiger partial charge in [0.15, 0.2) is 11.3 Å². The highest BCUT2D eigenvalue weighted by atomic mass is 16.4. The lowest BCUT2D eigenvalue weighted by molar-refractivity contribution is -0.155. The summed E-state index contributed by atoms with van der Waals surface area (Å²) in [6.45, 7) is 2.25. The van der Waals surface area contributed by atoms with E-state index in [4.69, 9.17) is 5.11 Å². The third kappa shape index (κ3) is 2.88. The first-order valence-electron chi connectivity index (χ1n) is 5.76. The molecule has 0 bridgehead atoms. The van der Waals surface area contributed by atoms with Crippen LogP contribution < -0.4 is 10.6 Å². The summed E-state index contributed by atoms with van der Waals surface area (Å²) in [5, 5.41) is 31.1. The van der Waals surface area contributed by atoms with Gasteiger partial charge in [-0.15, -0.1) is 5.10 Å². The number of rotatable bonds is 5. The van der Waals surface area contributed by atoms with Crippen LogP contribution in [-0.2, 0) is 4.79 Å². The van der Waals surface area contributed by atoms with Crippen molar-refractivity contribution in [2.75, 3.05) is 19.6 Å². The largest absolute Gasteiger partial charge is 0.479 e. The molecule has 1 aliphatic heterocycles. The highest BCUT2D eigenvalue weighted by Crippen LogP contribution is 2.10. The topological polar surface area (TPSA) is 129 Å². The van der Waals surface area contributed by atoms with Crippen molar-refractivity contribution in [3.63, 3.8) is 0 Å². The van der Waals surface area contributed by atoms with Gasteiger partial charge in [-0.05, 0) is 6.92 Å². The van der Waals surface area contributed by atoms with Crippen molar-refractivity contribution in [1.29, 1.82) is 0 Å². The Morgan fingerprint density at radius 1 is 1.63 bits per heavy atom. The van der Waals surface area contributed by atoms with Crippen molar-refractivity contribution in [1.82, 2.24) is 25.6 Å². The van der Waals surface area contributed by atoms with E-state index in [1.54, 1.807) is 4.68 Å². The molecule has 104 valence electrons. The predicted octanol–water partition coefficient (Wildman–Crippen LogP) is -2.01. The molecule has 1 amide bonds. The normalized spacial score (nSPS) is 18.4. The molecule has 2 heterocycles. The maximum absolute atomic E-state index is 11.7. The van der Waals surface area contributed by atoms with E-state index < -0.39 is 24.0 Å². The van der Waals surface area contributed by atoms with Crippen LogP contribution >= 0.6 is 0 Å². The summed E-state index contributed by atoms with van der Waals surface area (Å²) in [5.74, 6) is -1.97. The van der Waals surface area contributed by atoms with E-state index in [0.717, 1.165) is 20.0 Å². The van der Waals surface area contributed by atoms with Crippen LogP contribution in [0.1, 0.15) is 23.5 Å². The van der Waals surface area contributed by atoms with E-state index in [0.29, 0.717) is 0 Å². The van der Waals surface area contributed by atoms with Crippen molar-refractivity contribution in [3.8, 4) is 0 Å². The van der Waals surface area contributed by atoms with Gasteiger partial charge in [-0.3, -0.25) is 4.79 Å². The number of aliphatic carboxylic acids is 1. The van der Waals surface area contributed by atoms with E-state index in [-0.39, 0.29) is 11.7 Å². The number of aliphatic hydroxyl groups is 1. The zero-order valence-electron chi connectivity index (χ0n) is 10.3. The van der Waals surface area contributed by atoms with Gasteiger partial charge in [-0.2, -0.15) is 0 Å². The van der Waals surface area contributed by atoms with Crippen LogP contribution in [0.3, 0.4) is 0 Å². The number of carboxylic acid groups (broad SMARTS) is 1. The number of hydrogen-bond donors (Lipinski definition) is 4. The van der Waals surface area contributed by atoms with Crippen LogP contribution in [0.4, 0.5) is 0 Å². The zero-order valence-corrected chi connectivity index (χ0v) is 10.3. The van der Waals surface area contributed by atoms with Crippen LogP contribution in [0.15, 0.2) is 6.20 Å². The fourth-order valence-corrected chi connectivity index (χ4v) is 1.44. The van der Waals surface area contributed by atoms with Gasteiger partial charge in [-0.25, -0.2) is 9.48 Å². The number of nitrogens with one attached hydrogen (secondary N) is 2. The average molecular weight is 269 g/mol. The second-order valence-corrected chi connectivity index (χ2v) is 4.66. The predicted molar refractivity (Wildman–Crippen MR) is 62.5 cm³/mol. The summed E-state index contributed by atoms with van der Waals surface area (Å²) in [6.07, 6.45) is 1.50. The molecule has 1 unspecified atom stereocenters. The zero-order chi connectivity index (χ0) is 14.0. The van der Waals surface area contributed by atoms with Crippen LogP contribution in [0.2, 0.25) is 0 Å². The Bertz CT molecular complexity index is 494. The van der Waals surface area contributed by atoms with Gasteiger partial charge in [0.05, 0.1) is 18.8 Å². The lowest BCUT2D eigenvalue weighted by Crippen LogP contribution is -2.46. The molecule has 0 aliphatic carbocycles. The number of carboxylic acids is 1. The fourth-order valence-electron chi connectivity index (χ4n) is 1.44. The maximum atomic E-state index is 11.7. The summed E-state index contributed by atoms with van der Waals surface area (Å²) in [7, 11) is 0. The number of aromatic nitrogens is 3. The molecule has 1 fully saturated rings. The van der Waals surface area contributed by atoms with Crippen molar-refractivity contribution in [2.45, 2.75) is 18.6 Å². The van der Waals surface area contributed by atoms with Crippen LogP contribution in [0.5, 0.6) is 0 Å². The van der Waals surface area contributed by atoms with Gasteiger partial charge in [0.1, 0.15) is 0 Å². The lowest BCUT2D eigenvalue weighted by Gasteiger charge is -2.26. The molecule has 1 aliphatic rings. The molecule has 1 aromatic rings. The Balaban J connectivity index is 1.92. The molecule has 0 radical (unpaired) electrons. The maximum Gasteiger partial charge on any atom is 0.337 e. The summed E-state index contributed by atoms with van der Waals surface area (Å²) in [5.41, 5.74) is -1.92. The van der Waals surface area contributed by atoms with Crippen molar-refractivity contribution >= 4 is 11.9 Å². The Kier molecular flexibility index (Phi) is 3.49. The molecular weight excluding hydrogens is 254 g/mol. The molecule has 0 saturated carbocycles. The summed E-state index contributed by atoms with van der Waals surface area (Å²) < 4.78 is 1.58. The van der Waals surface area contributed by atoms with E-state index in [2.05, 4.69) is 20.9 Å². The molecule has 9 heteroatoms. The quantitative estimate of drug-likeness (QED) is 0.486. The van der Waals surface area contributed by atoms with Gasteiger partial charge in [0, 0.05) is 13.1 Å². The first kappa shape index (κ1) is 13.4. The van der Waals surface area contributed by atoms with Crippen LogP contribution in [0.25, 0.3) is 0 Å². The smallest absolute Gasteiger partial charge is 0.337 e. The molecule has 9 nitrogen and oxygen atoms in total. The van der Waals surface area contributed by atoms with Gasteiger partial charge in [-0.1, -0.05) is 5.21 Å². The first-order chi connectivity index (χ1) is 8.90. The third-order valence-electron chi connectivity index (χ3n) is 2.93. The lowest BCUT2D eigenvalue weighted by atomic mass is 10.1. The van der Waals surface area contributed by atoms with Crippen molar-refractivity contribution < 1.29 is 19.8 Å². The minimum Gasteiger partial charge on any atom is -0.479 e. The minimum atomic E-state index is -2.01. The molecular formula is C10H15N5O4. The number of nitrogens with zero attached hydrogens (tertiary/aromatic N) is 3. The van der Waals surface area contributed by atoms with E-state index in [1.165, 1.54) is 6.20 Å². The SMILES string of the molecule is CC(O)(CNC(=O)c1cn(C2CNC2)nn1)C(=O)O. The Hall–Kier alpha value is -2.00. The monoisotopic (exact) mass is 269 g/mol. The van der Waals surface area contributed by atoms with Gasteiger partial charge < -0.3 is 20.8 Å². The summed E-state index contributed by atoms with van der Waals surface area (Å²) >= 11 is 0. The molecule has 19 heavy (non-hydrogen) atoms. The minimum absolute atomic E-state index is 0.0908. The highest BCUT2D eigenvalue weighted by molar-refractivity contribution is 5.92. The number of amides is 1. The fraction of sp³-hybridized carbons (Fsp3) is 0.600. The first-order valence-corrected chi connectivity index (χ1v) is 5.76. The summed E-state index contributed by atoms with van der Waals surface area (Å²) in [4.78, 5) is 22.4. The average Bonchev–Trinajstić information content (AvgIpc) is 2.72. The van der Waals surface area contributed by atoms with E-state index in [1.807, 2.05) is 0 Å². The Morgan fingerprint density at radius 3 is 2.84 bits per heavy atom. The van der Waals surface area contributed by atoms with Gasteiger partial charge in [0.25, 0.3) is 5.91 Å². The molecule has 1 aromatic heterocycles. The number of carbonyl (C=O) groups excluding carboxylic acids is 1. The van der Waals surface area contributed by atoms with E-state index in [9.17, 15) is 14.7 Å². The molecule has 2 rings (SSSR count). The van der Waals surface area contributed by atoms with Crippen LogP contribution in [-0.4, -0.2) is 62.3 Å². The second kappa shape index (κ2) is 4.94. The van der Waals surface area contributed by atoms with Gasteiger partial charge >= 0.3 is 5.97 Å². The highest BCUT2D eigenvalue weighted by Gasteiger charge is 2.31. The molecule has 0 aromatic carbocycles. The molecule has 1 saturated heterocycles.